The summed E-state index contributed by atoms with van der Waals surface area (Å²) < 4.78 is 4.97. The van der Waals surface area contributed by atoms with Crippen LogP contribution < -0.4 is 5.32 Å². The zero-order valence-electron chi connectivity index (χ0n) is 8.97. The SMILES string of the molecule is CCC(CC#N)NCc1ccc([N+](=O)[O-])o1. The van der Waals surface area contributed by atoms with Gasteiger partial charge in [0, 0.05) is 6.04 Å². The second kappa shape index (κ2) is 5.88. The van der Waals surface area contributed by atoms with Crippen LogP contribution in [0.25, 0.3) is 0 Å². The Morgan fingerprint density at radius 2 is 2.44 bits per heavy atom. The third-order valence-electron chi connectivity index (χ3n) is 2.22. The van der Waals surface area contributed by atoms with Crippen LogP contribution in [0.5, 0.6) is 0 Å². The summed E-state index contributed by atoms with van der Waals surface area (Å²) in [6.07, 6.45) is 1.25. The Morgan fingerprint density at radius 1 is 1.69 bits per heavy atom. The second-order valence-corrected chi connectivity index (χ2v) is 3.35. The molecule has 0 aliphatic heterocycles. The van der Waals surface area contributed by atoms with Crippen molar-refractivity contribution >= 4 is 5.88 Å². The fourth-order valence-corrected chi connectivity index (χ4v) is 1.28. The van der Waals surface area contributed by atoms with E-state index >= 15 is 0 Å². The molecule has 86 valence electrons. The van der Waals surface area contributed by atoms with E-state index in [0.29, 0.717) is 18.7 Å². The average molecular weight is 223 g/mol. The minimum Gasteiger partial charge on any atom is -0.404 e. The highest BCUT2D eigenvalue weighted by molar-refractivity contribution is 5.17. The highest BCUT2D eigenvalue weighted by Crippen LogP contribution is 2.15. The highest BCUT2D eigenvalue weighted by atomic mass is 16.6. The van der Waals surface area contributed by atoms with Crippen molar-refractivity contribution in [3.63, 3.8) is 0 Å². The fourth-order valence-electron chi connectivity index (χ4n) is 1.28. The van der Waals surface area contributed by atoms with Crippen molar-refractivity contribution in [1.29, 1.82) is 5.26 Å². The maximum atomic E-state index is 10.4. The van der Waals surface area contributed by atoms with Crippen molar-refractivity contribution in [3.05, 3.63) is 28.0 Å². The molecule has 1 N–H and O–H groups in total. The van der Waals surface area contributed by atoms with E-state index in [1.54, 1.807) is 6.07 Å². The summed E-state index contributed by atoms with van der Waals surface area (Å²) >= 11 is 0. The Kier molecular flexibility index (Phi) is 4.48. The summed E-state index contributed by atoms with van der Waals surface area (Å²) in [6, 6.07) is 5.05. The molecule has 1 heterocycles. The molecule has 0 amide bonds. The average Bonchev–Trinajstić information content (AvgIpc) is 2.73. The van der Waals surface area contributed by atoms with Crippen molar-refractivity contribution in [2.24, 2.45) is 0 Å². The van der Waals surface area contributed by atoms with Gasteiger partial charge >= 0.3 is 5.88 Å². The van der Waals surface area contributed by atoms with E-state index in [1.165, 1.54) is 6.07 Å². The van der Waals surface area contributed by atoms with Crippen LogP contribution in [0.1, 0.15) is 25.5 Å². The van der Waals surface area contributed by atoms with Gasteiger partial charge in [-0.3, -0.25) is 10.1 Å². The smallest absolute Gasteiger partial charge is 0.404 e. The van der Waals surface area contributed by atoms with Crippen LogP contribution in [0.3, 0.4) is 0 Å². The van der Waals surface area contributed by atoms with Crippen LogP contribution in [0.2, 0.25) is 0 Å². The van der Waals surface area contributed by atoms with E-state index in [4.69, 9.17) is 9.68 Å². The summed E-state index contributed by atoms with van der Waals surface area (Å²) in [6.45, 7) is 2.37. The zero-order chi connectivity index (χ0) is 12.0. The number of hydrogen-bond acceptors (Lipinski definition) is 5. The first-order valence-electron chi connectivity index (χ1n) is 5.00. The predicted molar refractivity (Wildman–Crippen MR) is 56.5 cm³/mol. The van der Waals surface area contributed by atoms with Gasteiger partial charge in [-0.25, -0.2) is 0 Å². The molecule has 6 heteroatoms. The van der Waals surface area contributed by atoms with E-state index in [2.05, 4.69) is 11.4 Å². The minimum absolute atomic E-state index is 0.0918. The molecule has 1 aromatic heterocycles. The number of nitrogens with zero attached hydrogens (tertiary/aromatic N) is 2. The normalized spacial score (nSPS) is 12.0. The molecule has 0 spiro atoms. The fraction of sp³-hybridized carbons (Fsp3) is 0.500. The molecule has 0 bridgehead atoms. The molecule has 1 aromatic rings. The molecule has 1 unspecified atom stereocenters. The molecule has 0 aromatic carbocycles. The molecule has 0 radical (unpaired) electrons. The lowest BCUT2D eigenvalue weighted by Gasteiger charge is -2.11. The van der Waals surface area contributed by atoms with Crippen LogP contribution in [-0.2, 0) is 6.54 Å². The van der Waals surface area contributed by atoms with E-state index in [1.807, 2.05) is 6.92 Å². The van der Waals surface area contributed by atoms with Gasteiger partial charge in [-0.1, -0.05) is 6.92 Å². The number of hydrogen-bond donors (Lipinski definition) is 1. The van der Waals surface area contributed by atoms with Gasteiger partial charge in [0.2, 0.25) is 0 Å². The third-order valence-corrected chi connectivity index (χ3v) is 2.22. The molecule has 1 rings (SSSR count). The molecule has 0 aliphatic carbocycles. The van der Waals surface area contributed by atoms with Gasteiger partial charge in [0.05, 0.1) is 25.1 Å². The second-order valence-electron chi connectivity index (χ2n) is 3.35. The third kappa shape index (κ3) is 3.37. The maximum absolute atomic E-state index is 10.4. The van der Waals surface area contributed by atoms with E-state index in [0.717, 1.165) is 6.42 Å². The molecular weight excluding hydrogens is 210 g/mol. The zero-order valence-corrected chi connectivity index (χ0v) is 8.97. The van der Waals surface area contributed by atoms with Crippen LogP contribution in [-0.4, -0.2) is 11.0 Å². The summed E-state index contributed by atoms with van der Waals surface area (Å²) in [5.41, 5.74) is 0. The monoisotopic (exact) mass is 223 g/mol. The Bertz CT molecular complexity index is 394. The molecule has 0 fully saturated rings. The largest absolute Gasteiger partial charge is 0.433 e. The Hall–Kier alpha value is -1.87. The molecular formula is C10H13N3O3. The Balaban J connectivity index is 2.47. The number of nitrogens with one attached hydrogen (secondary N) is 1. The van der Waals surface area contributed by atoms with Gasteiger partial charge in [0.1, 0.15) is 10.7 Å². The molecule has 1 atom stereocenters. The Morgan fingerprint density at radius 3 is 2.94 bits per heavy atom. The van der Waals surface area contributed by atoms with Crippen LogP contribution in [0.15, 0.2) is 16.5 Å². The summed E-state index contributed by atoms with van der Waals surface area (Å²) in [5, 5.41) is 22.0. The molecule has 0 saturated heterocycles. The number of rotatable bonds is 6. The van der Waals surface area contributed by atoms with Gasteiger partial charge in [-0.15, -0.1) is 0 Å². The van der Waals surface area contributed by atoms with Crippen LogP contribution in [0, 0.1) is 21.4 Å². The quantitative estimate of drug-likeness (QED) is 0.587. The summed E-state index contributed by atoms with van der Waals surface area (Å²) in [4.78, 5) is 9.79. The Labute approximate surface area is 93.0 Å². The van der Waals surface area contributed by atoms with Gasteiger partial charge in [-0.05, 0) is 12.5 Å². The summed E-state index contributed by atoms with van der Waals surface area (Å²) in [5.74, 6) is 0.244. The molecule has 16 heavy (non-hydrogen) atoms. The van der Waals surface area contributed by atoms with Gasteiger partial charge in [-0.2, -0.15) is 5.26 Å². The van der Waals surface area contributed by atoms with Gasteiger partial charge < -0.3 is 9.73 Å². The first-order valence-corrected chi connectivity index (χ1v) is 5.00. The van der Waals surface area contributed by atoms with Crippen molar-refractivity contribution < 1.29 is 9.34 Å². The standard InChI is InChI=1S/C10H13N3O3/c1-2-8(5-6-11)12-7-9-3-4-10(16-9)13(14)15/h3-4,8,12H,2,5,7H2,1H3. The van der Waals surface area contributed by atoms with E-state index in [-0.39, 0.29) is 11.9 Å². The number of nitriles is 1. The number of furan rings is 1. The first-order chi connectivity index (χ1) is 7.67. The lowest BCUT2D eigenvalue weighted by molar-refractivity contribution is -0.402. The topological polar surface area (TPSA) is 92.1 Å². The van der Waals surface area contributed by atoms with Gasteiger partial charge in [0.15, 0.2) is 0 Å². The van der Waals surface area contributed by atoms with Crippen molar-refractivity contribution in [1.82, 2.24) is 5.32 Å². The van der Waals surface area contributed by atoms with Crippen molar-refractivity contribution in [2.75, 3.05) is 0 Å². The lowest BCUT2D eigenvalue weighted by atomic mass is 10.1. The van der Waals surface area contributed by atoms with Gasteiger partial charge in [0.25, 0.3) is 0 Å². The van der Waals surface area contributed by atoms with Crippen LogP contribution >= 0.6 is 0 Å². The molecule has 0 saturated carbocycles. The van der Waals surface area contributed by atoms with Crippen LogP contribution in [0.4, 0.5) is 5.88 Å². The highest BCUT2D eigenvalue weighted by Gasteiger charge is 2.12. The predicted octanol–water partition coefficient (Wildman–Crippen LogP) is 1.97. The molecule has 6 nitrogen and oxygen atoms in total. The van der Waals surface area contributed by atoms with Crippen molar-refractivity contribution in [2.45, 2.75) is 32.4 Å². The summed E-state index contributed by atoms with van der Waals surface area (Å²) in [7, 11) is 0. The maximum Gasteiger partial charge on any atom is 0.433 e. The molecule has 0 aliphatic rings. The first kappa shape index (κ1) is 12.2. The minimum atomic E-state index is -0.573. The van der Waals surface area contributed by atoms with E-state index in [9.17, 15) is 10.1 Å². The van der Waals surface area contributed by atoms with Crippen molar-refractivity contribution in [3.8, 4) is 6.07 Å². The lowest BCUT2D eigenvalue weighted by Crippen LogP contribution is -2.27. The van der Waals surface area contributed by atoms with E-state index < -0.39 is 4.92 Å². The number of nitro groups is 1.